The smallest absolute Gasteiger partial charge is 0.122 e. The zero-order valence-corrected chi connectivity index (χ0v) is 13.3. The van der Waals surface area contributed by atoms with E-state index in [4.69, 9.17) is 4.74 Å². The van der Waals surface area contributed by atoms with E-state index in [1.165, 1.54) is 10.4 Å². The Hall–Kier alpha value is -1.39. The van der Waals surface area contributed by atoms with Crippen molar-refractivity contribution in [2.24, 2.45) is 0 Å². The van der Waals surface area contributed by atoms with E-state index < -0.39 is 0 Å². The van der Waals surface area contributed by atoms with Gasteiger partial charge in [-0.2, -0.15) is 0 Å². The van der Waals surface area contributed by atoms with Crippen molar-refractivity contribution >= 4 is 11.3 Å². The van der Waals surface area contributed by atoms with Crippen LogP contribution < -0.4 is 10.1 Å². The van der Waals surface area contributed by atoms with Crippen LogP contribution >= 0.6 is 11.3 Å². The summed E-state index contributed by atoms with van der Waals surface area (Å²) >= 11 is 1.72. The molecule has 4 heteroatoms. The van der Waals surface area contributed by atoms with Crippen LogP contribution in [0, 0.1) is 6.92 Å². The van der Waals surface area contributed by atoms with E-state index in [1.54, 1.807) is 18.4 Å². The quantitative estimate of drug-likeness (QED) is 0.880. The number of para-hydroxylation sites is 1. The van der Waals surface area contributed by atoms with E-state index in [2.05, 4.69) is 43.2 Å². The van der Waals surface area contributed by atoms with Gasteiger partial charge in [0.2, 0.25) is 0 Å². The molecule has 0 bridgehead atoms. The van der Waals surface area contributed by atoms with Crippen LogP contribution in [0.2, 0.25) is 0 Å². The third-order valence-electron chi connectivity index (χ3n) is 3.43. The molecular weight excluding hydrogens is 268 g/mol. The molecule has 0 aliphatic heterocycles. The normalized spacial score (nSPS) is 14.0. The summed E-state index contributed by atoms with van der Waals surface area (Å²) in [7, 11) is 1.72. The maximum absolute atomic E-state index is 5.41. The highest BCUT2D eigenvalue weighted by Gasteiger charge is 2.15. The largest absolute Gasteiger partial charge is 0.496 e. The Balaban J connectivity index is 1.99. The number of hydrogen-bond acceptors (Lipinski definition) is 4. The minimum Gasteiger partial charge on any atom is -0.496 e. The van der Waals surface area contributed by atoms with Crippen molar-refractivity contribution in [3.8, 4) is 5.75 Å². The van der Waals surface area contributed by atoms with E-state index in [-0.39, 0.29) is 0 Å². The molecule has 0 aliphatic rings. The Labute approximate surface area is 125 Å². The lowest BCUT2D eigenvalue weighted by molar-refractivity contribution is 0.403. The molecule has 2 unspecified atom stereocenters. The average Bonchev–Trinajstić information content (AvgIpc) is 2.85. The van der Waals surface area contributed by atoms with Crippen molar-refractivity contribution in [2.45, 2.75) is 39.3 Å². The van der Waals surface area contributed by atoms with Gasteiger partial charge in [-0.3, -0.25) is 0 Å². The highest BCUT2D eigenvalue weighted by Crippen LogP contribution is 2.23. The number of thiazole rings is 1. The van der Waals surface area contributed by atoms with Gasteiger partial charge in [-0.05, 0) is 38.8 Å². The first kappa shape index (κ1) is 15.0. The molecule has 0 amide bonds. The first-order chi connectivity index (χ1) is 9.61. The predicted octanol–water partition coefficient (Wildman–Crippen LogP) is 3.74. The molecule has 0 aliphatic carbocycles. The van der Waals surface area contributed by atoms with Crippen molar-refractivity contribution in [1.29, 1.82) is 0 Å². The zero-order valence-electron chi connectivity index (χ0n) is 12.5. The molecule has 1 aromatic carbocycles. The lowest BCUT2D eigenvalue weighted by Crippen LogP contribution is -2.30. The number of nitrogens with zero attached hydrogens (tertiary/aromatic N) is 1. The molecule has 0 radical (unpaired) electrons. The number of benzene rings is 1. The Bertz CT molecular complexity index is 553. The van der Waals surface area contributed by atoms with Crippen molar-refractivity contribution in [1.82, 2.24) is 10.3 Å². The van der Waals surface area contributed by atoms with Crippen molar-refractivity contribution in [3.05, 3.63) is 45.9 Å². The SMILES string of the molecule is COc1ccccc1CC(C)NC(C)c1scnc1C. The van der Waals surface area contributed by atoms with Gasteiger partial charge in [0.15, 0.2) is 0 Å². The van der Waals surface area contributed by atoms with Crippen LogP contribution in [0.4, 0.5) is 0 Å². The molecule has 2 rings (SSSR count). The van der Waals surface area contributed by atoms with E-state index in [1.807, 2.05) is 17.6 Å². The van der Waals surface area contributed by atoms with Gasteiger partial charge in [0, 0.05) is 17.0 Å². The molecule has 20 heavy (non-hydrogen) atoms. The monoisotopic (exact) mass is 290 g/mol. The third-order valence-corrected chi connectivity index (χ3v) is 4.54. The molecule has 3 nitrogen and oxygen atoms in total. The molecule has 0 fully saturated rings. The molecule has 0 saturated heterocycles. The topological polar surface area (TPSA) is 34.1 Å². The average molecular weight is 290 g/mol. The second-order valence-corrected chi connectivity index (χ2v) is 5.99. The molecule has 2 aromatic rings. The molecule has 1 heterocycles. The van der Waals surface area contributed by atoms with Gasteiger partial charge >= 0.3 is 0 Å². The summed E-state index contributed by atoms with van der Waals surface area (Å²) in [6.07, 6.45) is 0.951. The summed E-state index contributed by atoms with van der Waals surface area (Å²) < 4.78 is 5.41. The second kappa shape index (κ2) is 6.86. The van der Waals surface area contributed by atoms with Crippen LogP contribution in [0.3, 0.4) is 0 Å². The van der Waals surface area contributed by atoms with Crippen molar-refractivity contribution in [3.63, 3.8) is 0 Å². The van der Waals surface area contributed by atoms with Gasteiger partial charge in [0.25, 0.3) is 0 Å². The van der Waals surface area contributed by atoms with Crippen LogP contribution in [-0.4, -0.2) is 18.1 Å². The fourth-order valence-corrected chi connectivity index (χ4v) is 3.31. The fourth-order valence-electron chi connectivity index (χ4n) is 2.49. The lowest BCUT2D eigenvalue weighted by atomic mass is 10.0. The van der Waals surface area contributed by atoms with Gasteiger partial charge in [-0.15, -0.1) is 11.3 Å². The Morgan fingerprint density at radius 1 is 1.30 bits per heavy atom. The van der Waals surface area contributed by atoms with E-state index in [9.17, 15) is 0 Å². The highest BCUT2D eigenvalue weighted by molar-refractivity contribution is 7.09. The number of nitrogens with one attached hydrogen (secondary N) is 1. The number of hydrogen-bond donors (Lipinski definition) is 1. The number of rotatable bonds is 6. The van der Waals surface area contributed by atoms with Crippen molar-refractivity contribution < 1.29 is 4.74 Å². The summed E-state index contributed by atoms with van der Waals surface area (Å²) in [4.78, 5) is 5.63. The molecule has 0 spiro atoms. The lowest BCUT2D eigenvalue weighted by Gasteiger charge is -2.20. The van der Waals surface area contributed by atoms with Gasteiger partial charge < -0.3 is 10.1 Å². The maximum Gasteiger partial charge on any atom is 0.122 e. The van der Waals surface area contributed by atoms with Crippen LogP contribution in [0.5, 0.6) is 5.75 Å². The number of methoxy groups -OCH3 is 1. The van der Waals surface area contributed by atoms with E-state index in [0.717, 1.165) is 17.9 Å². The highest BCUT2D eigenvalue weighted by atomic mass is 32.1. The fraction of sp³-hybridized carbons (Fsp3) is 0.438. The number of aryl methyl sites for hydroxylation is 1. The summed E-state index contributed by atoms with van der Waals surface area (Å²) in [6, 6.07) is 8.90. The number of ether oxygens (including phenoxy) is 1. The minimum atomic E-state index is 0.326. The van der Waals surface area contributed by atoms with Crippen LogP contribution in [0.15, 0.2) is 29.8 Å². The van der Waals surface area contributed by atoms with Crippen LogP contribution in [0.1, 0.15) is 36.0 Å². The predicted molar refractivity (Wildman–Crippen MR) is 84.6 cm³/mol. The molecule has 0 saturated carbocycles. The minimum absolute atomic E-state index is 0.326. The summed E-state index contributed by atoms with van der Waals surface area (Å²) in [5.41, 5.74) is 4.27. The maximum atomic E-state index is 5.41. The first-order valence-corrected chi connectivity index (χ1v) is 7.77. The van der Waals surface area contributed by atoms with Gasteiger partial charge in [-0.25, -0.2) is 4.98 Å². The second-order valence-electron chi connectivity index (χ2n) is 5.11. The summed E-state index contributed by atoms with van der Waals surface area (Å²) in [5.74, 6) is 0.961. The number of aromatic nitrogens is 1. The zero-order chi connectivity index (χ0) is 14.5. The first-order valence-electron chi connectivity index (χ1n) is 6.89. The third kappa shape index (κ3) is 3.58. The molecular formula is C16H22N2OS. The van der Waals surface area contributed by atoms with Gasteiger partial charge in [0.05, 0.1) is 18.3 Å². The molecule has 2 atom stereocenters. The van der Waals surface area contributed by atoms with E-state index in [0.29, 0.717) is 12.1 Å². The molecule has 1 N–H and O–H groups in total. The van der Waals surface area contributed by atoms with Crippen LogP contribution in [0.25, 0.3) is 0 Å². The Morgan fingerprint density at radius 3 is 2.70 bits per heavy atom. The van der Waals surface area contributed by atoms with Gasteiger partial charge in [-0.1, -0.05) is 18.2 Å². The van der Waals surface area contributed by atoms with Crippen molar-refractivity contribution in [2.75, 3.05) is 7.11 Å². The van der Waals surface area contributed by atoms with E-state index >= 15 is 0 Å². The molecule has 108 valence electrons. The standard InChI is InChI=1S/C16H22N2OS/c1-11(9-14-7-5-6-8-15(14)19-4)18-13(3)16-12(2)17-10-20-16/h5-8,10-11,13,18H,9H2,1-4H3. The molecule has 1 aromatic heterocycles. The summed E-state index contributed by atoms with van der Waals surface area (Å²) in [6.45, 7) is 6.47. The summed E-state index contributed by atoms with van der Waals surface area (Å²) in [5, 5.41) is 3.64. The van der Waals surface area contributed by atoms with Crippen LogP contribution in [-0.2, 0) is 6.42 Å². The Kier molecular flexibility index (Phi) is 5.15. The Morgan fingerprint density at radius 2 is 2.05 bits per heavy atom. The van der Waals surface area contributed by atoms with Gasteiger partial charge in [0.1, 0.15) is 5.75 Å².